The van der Waals surface area contributed by atoms with Gasteiger partial charge in [-0.15, -0.1) is 0 Å². The van der Waals surface area contributed by atoms with Crippen LogP contribution in [0.3, 0.4) is 0 Å². The Morgan fingerprint density at radius 1 is 1.26 bits per heavy atom. The normalized spacial score (nSPS) is 16.2. The van der Waals surface area contributed by atoms with Gasteiger partial charge in [0.25, 0.3) is 0 Å². The van der Waals surface area contributed by atoms with Crippen molar-refractivity contribution in [2.24, 2.45) is 5.92 Å². The summed E-state index contributed by atoms with van der Waals surface area (Å²) in [7, 11) is 0. The van der Waals surface area contributed by atoms with Gasteiger partial charge >= 0.3 is 0 Å². The summed E-state index contributed by atoms with van der Waals surface area (Å²) in [6, 6.07) is 12.3. The van der Waals surface area contributed by atoms with Crippen LogP contribution in [0, 0.1) is 5.92 Å². The van der Waals surface area contributed by atoms with Crippen LogP contribution in [0.2, 0.25) is 5.02 Å². The molecule has 1 aliphatic rings. The SMILES string of the molecule is CC(CCc1ccc(Br)cc1)NC(=O)C1CCN(c2ccc(Cl)cn2)CC1. The average Bonchev–Trinajstić information content (AvgIpc) is 2.68. The molecule has 2 heterocycles. The number of rotatable bonds is 6. The molecular weight excluding hydrogens is 426 g/mol. The first-order valence-corrected chi connectivity index (χ1v) is 10.6. The zero-order valence-electron chi connectivity index (χ0n) is 15.5. The number of benzene rings is 1. The summed E-state index contributed by atoms with van der Waals surface area (Å²) in [5, 5.41) is 3.84. The van der Waals surface area contributed by atoms with Gasteiger partial charge in [-0.2, -0.15) is 0 Å². The second-order valence-corrected chi connectivity index (χ2v) is 8.52. The molecule has 0 spiro atoms. The van der Waals surface area contributed by atoms with Crippen LogP contribution in [0.15, 0.2) is 47.1 Å². The molecular formula is C21H25BrClN3O. The van der Waals surface area contributed by atoms with E-state index in [9.17, 15) is 4.79 Å². The summed E-state index contributed by atoms with van der Waals surface area (Å²) in [5.41, 5.74) is 1.29. The maximum absolute atomic E-state index is 12.6. The average molecular weight is 451 g/mol. The number of hydrogen-bond donors (Lipinski definition) is 1. The lowest BCUT2D eigenvalue weighted by atomic mass is 9.95. The van der Waals surface area contributed by atoms with E-state index in [1.807, 2.05) is 12.1 Å². The van der Waals surface area contributed by atoms with Crippen molar-refractivity contribution in [1.29, 1.82) is 0 Å². The fraction of sp³-hybridized carbons (Fsp3) is 0.429. The monoisotopic (exact) mass is 449 g/mol. The van der Waals surface area contributed by atoms with Crippen molar-refractivity contribution in [1.82, 2.24) is 10.3 Å². The Labute approximate surface area is 174 Å². The predicted molar refractivity (Wildman–Crippen MR) is 114 cm³/mol. The molecule has 1 saturated heterocycles. The van der Waals surface area contributed by atoms with E-state index in [-0.39, 0.29) is 17.9 Å². The fourth-order valence-corrected chi connectivity index (χ4v) is 3.77. The summed E-state index contributed by atoms with van der Waals surface area (Å²) in [5.74, 6) is 1.20. The first-order chi connectivity index (χ1) is 13.0. The van der Waals surface area contributed by atoms with E-state index in [1.54, 1.807) is 6.20 Å². The highest BCUT2D eigenvalue weighted by molar-refractivity contribution is 9.10. The topological polar surface area (TPSA) is 45.2 Å². The molecule has 0 aliphatic carbocycles. The van der Waals surface area contributed by atoms with Crippen LogP contribution in [0.4, 0.5) is 5.82 Å². The predicted octanol–water partition coefficient (Wildman–Crippen LogP) is 4.85. The molecule has 4 nitrogen and oxygen atoms in total. The Morgan fingerprint density at radius 2 is 1.96 bits per heavy atom. The Balaban J connectivity index is 1.42. The van der Waals surface area contributed by atoms with E-state index in [2.05, 4.69) is 62.3 Å². The zero-order valence-corrected chi connectivity index (χ0v) is 17.8. The number of nitrogens with zero attached hydrogens (tertiary/aromatic N) is 2. The molecule has 1 unspecified atom stereocenters. The van der Waals surface area contributed by atoms with Gasteiger partial charge in [-0.1, -0.05) is 39.7 Å². The van der Waals surface area contributed by atoms with Gasteiger partial charge < -0.3 is 10.2 Å². The number of pyridine rings is 1. The Bertz CT molecular complexity index is 743. The third-order valence-corrected chi connectivity index (χ3v) is 5.82. The van der Waals surface area contributed by atoms with Gasteiger partial charge in [0.05, 0.1) is 5.02 Å². The largest absolute Gasteiger partial charge is 0.357 e. The van der Waals surface area contributed by atoms with Crippen LogP contribution < -0.4 is 10.2 Å². The third-order valence-electron chi connectivity index (χ3n) is 5.07. The quantitative estimate of drug-likeness (QED) is 0.684. The molecule has 1 aromatic heterocycles. The van der Waals surface area contributed by atoms with Crippen molar-refractivity contribution in [3.63, 3.8) is 0 Å². The molecule has 27 heavy (non-hydrogen) atoms. The molecule has 1 fully saturated rings. The number of aryl methyl sites for hydroxylation is 1. The molecule has 1 amide bonds. The number of halogens is 2. The van der Waals surface area contributed by atoms with Crippen LogP contribution >= 0.6 is 27.5 Å². The number of aromatic nitrogens is 1. The summed E-state index contributed by atoms with van der Waals surface area (Å²) < 4.78 is 1.09. The Hall–Kier alpha value is -1.59. The molecule has 3 rings (SSSR count). The van der Waals surface area contributed by atoms with Gasteiger partial charge in [0, 0.05) is 35.7 Å². The number of anilines is 1. The maximum Gasteiger partial charge on any atom is 0.223 e. The molecule has 6 heteroatoms. The molecule has 0 bridgehead atoms. The minimum Gasteiger partial charge on any atom is -0.357 e. The molecule has 1 atom stereocenters. The minimum atomic E-state index is 0.0867. The number of carbonyl (C=O) groups is 1. The van der Waals surface area contributed by atoms with E-state index in [0.29, 0.717) is 5.02 Å². The third kappa shape index (κ3) is 5.94. The lowest BCUT2D eigenvalue weighted by molar-refractivity contribution is -0.126. The minimum absolute atomic E-state index is 0.0867. The highest BCUT2D eigenvalue weighted by Crippen LogP contribution is 2.23. The smallest absolute Gasteiger partial charge is 0.223 e. The molecule has 2 aromatic rings. The van der Waals surface area contributed by atoms with E-state index in [0.717, 1.165) is 49.1 Å². The van der Waals surface area contributed by atoms with Crippen molar-refractivity contribution in [2.45, 2.75) is 38.6 Å². The van der Waals surface area contributed by atoms with Crippen LogP contribution in [-0.2, 0) is 11.2 Å². The first-order valence-electron chi connectivity index (χ1n) is 9.42. The van der Waals surface area contributed by atoms with Crippen LogP contribution in [0.5, 0.6) is 0 Å². The van der Waals surface area contributed by atoms with Crippen molar-refractivity contribution in [3.05, 3.63) is 57.7 Å². The van der Waals surface area contributed by atoms with Crippen LogP contribution in [-0.4, -0.2) is 30.0 Å². The van der Waals surface area contributed by atoms with Crippen molar-refractivity contribution < 1.29 is 4.79 Å². The zero-order chi connectivity index (χ0) is 19.2. The van der Waals surface area contributed by atoms with E-state index >= 15 is 0 Å². The van der Waals surface area contributed by atoms with Gasteiger partial charge in [0.15, 0.2) is 0 Å². The number of nitrogens with one attached hydrogen (secondary N) is 1. The lowest BCUT2D eigenvalue weighted by Crippen LogP contribution is -2.43. The van der Waals surface area contributed by atoms with Crippen molar-refractivity contribution in [2.75, 3.05) is 18.0 Å². The second kappa shape index (κ2) is 9.56. The standard InChI is InChI=1S/C21H25BrClN3O/c1-15(2-3-16-4-6-18(22)7-5-16)25-21(27)17-10-12-26(13-11-17)20-9-8-19(23)14-24-20/h4-9,14-15,17H,2-3,10-13H2,1H3,(H,25,27). The highest BCUT2D eigenvalue weighted by atomic mass is 79.9. The molecule has 1 aromatic carbocycles. The van der Waals surface area contributed by atoms with Gasteiger partial charge in [-0.05, 0) is 62.4 Å². The van der Waals surface area contributed by atoms with Gasteiger partial charge in [0.2, 0.25) is 5.91 Å². The molecule has 0 radical (unpaired) electrons. The summed E-state index contributed by atoms with van der Waals surface area (Å²) in [6.07, 6.45) is 5.30. The van der Waals surface area contributed by atoms with Crippen molar-refractivity contribution in [3.8, 4) is 0 Å². The molecule has 0 saturated carbocycles. The van der Waals surface area contributed by atoms with E-state index in [1.165, 1.54) is 5.56 Å². The lowest BCUT2D eigenvalue weighted by Gasteiger charge is -2.32. The van der Waals surface area contributed by atoms with Crippen molar-refractivity contribution >= 4 is 39.3 Å². The number of carbonyl (C=O) groups excluding carboxylic acids is 1. The summed E-state index contributed by atoms with van der Waals surface area (Å²) >= 11 is 9.35. The Morgan fingerprint density at radius 3 is 2.59 bits per heavy atom. The van der Waals surface area contributed by atoms with Gasteiger partial charge in [-0.3, -0.25) is 4.79 Å². The molecule has 144 valence electrons. The number of piperidine rings is 1. The molecule has 1 N–H and O–H groups in total. The Kier molecular flexibility index (Phi) is 7.13. The summed E-state index contributed by atoms with van der Waals surface area (Å²) in [4.78, 5) is 19.2. The first kappa shape index (κ1) is 20.2. The van der Waals surface area contributed by atoms with Gasteiger partial charge in [-0.25, -0.2) is 4.98 Å². The van der Waals surface area contributed by atoms with Gasteiger partial charge in [0.1, 0.15) is 5.82 Å². The maximum atomic E-state index is 12.6. The highest BCUT2D eigenvalue weighted by Gasteiger charge is 2.26. The van der Waals surface area contributed by atoms with E-state index < -0.39 is 0 Å². The van der Waals surface area contributed by atoms with Crippen LogP contribution in [0.25, 0.3) is 0 Å². The fourth-order valence-electron chi connectivity index (χ4n) is 3.39. The number of amides is 1. The van der Waals surface area contributed by atoms with Crippen LogP contribution in [0.1, 0.15) is 31.7 Å². The molecule has 1 aliphatic heterocycles. The summed E-state index contributed by atoms with van der Waals surface area (Å²) in [6.45, 7) is 3.78. The van der Waals surface area contributed by atoms with E-state index in [4.69, 9.17) is 11.6 Å². The second-order valence-electron chi connectivity index (χ2n) is 7.17. The number of hydrogen-bond acceptors (Lipinski definition) is 3.